The number of rotatable bonds is 1. The number of fused-ring (bicyclic) bond motifs is 1. The highest BCUT2D eigenvalue weighted by Crippen LogP contribution is 2.22. The molecule has 0 spiro atoms. The third-order valence-electron chi connectivity index (χ3n) is 1.76. The van der Waals surface area contributed by atoms with Crippen molar-refractivity contribution < 1.29 is 0 Å². The summed E-state index contributed by atoms with van der Waals surface area (Å²) in [4.78, 5) is 14.2. The van der Waals surface area contributed by atoms with E-state index in [-0.39, 0.29) is 0 Å². The van der Waals surface area contributed by atoms with Crippen LogP contribution in [0, 0.1) is 11.2 Å². The average Bonchev–Trinajstić information content (AvgIpc) is 2.48. The molecule has 59 valence electrons. The maximum Gasteiger partial charge on any atom is 0.177 e. The van der Waals surface area contributed by atoms with Crippen LogP contribution >= 0.6 is 0 Å². The van der Waals surface area contributed by atoms with E-state index in [0.29, 0.717) is 11.2 Å². The topological polar surface area (TPSA) is 47.2 Å². The molecule has 0 aliphatic carbocycles. The number of para-hydroxylation sites is 1. The van der Waals surface area contributed by atoms with Crippen molar-refractivity contribution in [3.05, 3.63) is 29.4 Å². The molecule has 1 heterocycles. The van der Waals surface area contributed by atoms with Crippen LogP contribution in [0.1, 0.15) is 0 Å². The predicted octanol–water partition coefficient (Wildman–Crippen LogP) is 1.77. The molecule has 12 heavy (non-hydrogen) atoms. The van der Waals surface area contributed by atoms with Crippen molar-refractivity contribution >= 4 is 16.7 Å². The lowest BCUT2D eigenvalue weighted by Gasteiger charge is -1.92. The molecule has 1 aromatic heterocycles. The molecular weight excluding hydrogens is 154 g/mol. The highest BCUT2D eigenvalue weighted by Gasteiger charge is 2.04. The standard InChI is InChI=1S/C8H6N3O/c1-11-5-9-8-6(10-12)3-2-4-7(8)11/h2-4H,1H3. The highest BCUT2D eigenvalue weighted by molar-refractivity contribution is 5.86. The lowest BCUT2D eigenvalue weighted by Crippen LogP contribution is -1.82. The summed E-state index contributed by atoms with van der Waals surface area (Å²) in [7, 11) is 1.82. The van der Waals surface area contributed by atoms with Gasteiger partial charge in [0.05, 0.1) is 5.52 Å². The monoisotopic (exact) mass is 160 g/mol. The number of imidazole rings is 1. The van der Waals surface area contributed by atoms with Crippen LogP contribution in [0.5, 0.6) is 0 Å². The predicted molar refractivity (Wildman–Crippen MR) is 45.0 cm³/mol. The van der Waals surface area contributed by atoms with Crippen molar-refractivity contribution in [3.63, 3.8) is 0 Å². The molecule has 1 aromatic carbocycles. The molecule has 0 saturated heterocycles. The fourth-order valence-corrected chi connectivity index (χ4v) is 1.16. The molecule has 0 amide bonds. The van der Waals surface area contributed by atoms with Gasteiger partial charge in [-0.15, -0.1) is 4.91 Å². The smallest absolute Gasteiger partial charge is 0.177 e. The SMILES string of the molecule is Cn1[c]nc2c(N=O)cccc21. The molecule has 4 heteroatoms. The van der Waals surface area contributed by atoms with Gasteiger partial charge in [0, 0.05) is 7.05 Å². The van der Waals surface area contributed by atoms with Gasteiger partial charge in [0.2, 0.25) is 0 Å². The number of aromatic nitrogens is 2. The summed E-state index contributed by atoms with van der Waals surface area (Å²) in [5.74, 6) is 0. The molecule has 0 saturated carbocycles. The minimum atomic E-state index is 0.365. The van der Waals surface area contributed by atoms with E-state index >= 15 is 0 Å². The summed E-state index contributed by atoms with van der Waals surface area (Å²) >= 11 is 0. The normalized spacial score (nSPS) is 10.4. The van der Waals surface area contributed by atoms with Gasteiger partial charge in [-0.05, 0) is 17.3 Å². The van der Waals surface area contributed by atoms with Crippen LogP contribution in [0.25, 0.3) is 11.0 Å². The molecule has 0 bridgehead atoms. The summed E-state index contributed by atoms with van der Waals surface area (Å²) in [6, 6.07) is 5.28. The van der Waals surface area contributed by atoms with Crippen molar-refractivity contribution in [2.24, 2.45) is 12.2 Å². The molecule has 0 aliphatic heterocycles. The Balaban J connectivity index is 2.89. The quantitative estimate of drug-likeness (QED) is 0.597. The summed E-state index contributed by atoms with van der Waals surface area (Å²) in [6.45, 7) is 0. The molecule has 4 nitrogen and oxygen atoms in total. The van der Waals surface area contributed by atoms with Crippen LogP contribution in [0.3, 0.4) is 0 Å². The molecule has 0 atom stereocenters. The van der Waals surface area contributed by atoms with E-state index in [0.717, 1.165) is 5.52 Å². The third kappa shape index (κ3) is 0.812. The largest absolute Gasteiger partial charge is 0.324 e. The van der Waals surface area contributed by atoms with E-state index < -0.39 is 0 Å². The van der Waals surface area contributed by atoms with Crippen LogP contribution in [0.15, 0.2) is 23.4 Å². The van der Waals surface area contributed by atoms with Crippen molar-refractivity contribution in [2.45, 2.75) is 0 Å². The van der Waals surface area contributed by atoms with Crippen LogP contribution in [0.4, 0.5) is 5.69 Å². The molecule has 2 rings (SSSR count). The molecule has 0 fully saturated rings. The van der Waals surface area contributed by atoms with Gasteiger partial charge in [0.15, 0.2) is 6.33 Å². The minimum absolute atomic E-state index is 0.365. The Morgan fingerprint density at radius 1 is 1.58 bits per heavy atom. The van der Waals surface area contributed by atoms with Crippen molar-refractivity contribution in [1.82, 2.24) is 9.55 Å². The van der Waals surface area contributed by atoms with Gasteiger partial charge in [-0.3, -0.25) is 0 Å². The lowest BCUT2D eigenvalue weighted by molar-refractivity contribution is 0.936. The first-order chi connectivity index (χ1) is 5.83. The molecule has 2 aromatic rings. The number of nitroso groups, excluding NO2 is 1. The fourth-order valence-electron chi connectivity index (χ4n) is 1.16. The van der Waals surface area contributed by atoms with Crippen LogP contribution in [-0.2, 0) is 7.05 Å². The van der Waals surface area contributed by atoms with E-state index in [2.05, 4.69) is 16.5 Å². The Morgan fingerprint density at radius 2 is 2.42 bits per heavy atom. The van der Waals surface area contributed by atoms with E-state index in [4.69, 9.17) is 0 Å². The summed E-state index contributed by atoms with van der Waals surface area (Å²) in [6.07, 6.45) is 2.72. The Kier molecular flexibility index (Phi) is 1.40. The number of hydrogen-bond acceptors (Lipinski definition) is 3. The molecule has 0 N–H and O–H groups in total. The molecule has 0 unspecified atom stereocenters. The Bertz CT molecular complexity index is 433. The average molecular weight is 160 g/mol. The fraction of sp³-hybridized carbons (Fsp3) is 0.125. The number of benzene rings is 1. The van der Waals surface area contributed by atoms with Crippen molar-refractivity contribution in [3.8, 4) is 0 Å². The van der Waals surface area contributed by atoms with Crippen LogP contribution in [-0.4, -0.2) is 9.55 Å². The van der Waals surface area contributed by atoms with Crippen molar-refractivity contribution in [1.29, 1.82) is 0 Å². The van der Waals surface area contributed by atoms with Gasteiger partial charge in [-0.2, -0.15) is 0 Å². The second kappa shape index (κ2) is 2.41. The van der Waals surface area contributed by atoms with E-state index in [9.17, 15) is 4.91 Å². The number of nitrogens with zero attached hydrogens (tertiary/aromatic N) is 3. The van der Waals surface area contributed by atoms with Gasteiger partial charge in [-0.1, -0.05) is 6.07 Å². The summed E-state index contributed by atoms with van der Waals surface area (Å²) < 4.78 is 1.73. The van der Waals surface area contributed by atoms with E-state index in [1.165, 1.54) is 0 Å². The lowest BCUT2D eigenvalue weighted by atomic mass is 10.3. The van der Waals surface area contributed by atoms with E-state index in [1.807, 2.05) is 13.1 Å². The number of hydrogen-bond donors (Lipinski definition) is 0. The minimum Gasteiger partial charge on any atom is -0.324 e. The first kappa shape index (κ1) is 6.97. The van der Waals surface area contributed by atoms with Crippen molar-refractivity contribution in [2.75, 3.05) is 0 Å². The highest BCUT2D eigenvalue weighted by atomic mass is 16.3. The Labute approximate surface area is 68.8 Å². The first-order valence-electron chi connectivity index (χ1n) is 3.49. The number of aryl methyl sites for hydroxylation is 1. The maximum absolute atomic E-state index is 10.3. The van der Waals surface area contributed by atoms with Gasteiger partial charge >= 0.3 is 0 Å². The Hall–Kier alpha value is -1.71. The Morgan fingerprint density at radius 3 is 3.17 bits per heavy atom. The summed E-state index contributed by atoms with van der Waals surface area (Å²) in [5.41, 5.74) is 1.84. The van der Waals surface area contributed by atoms with Gasteiger partial charge < -0.3 is 4.57 Å². The van der Waals surface area contributed by atoms with Gasteiger partial charge in [0.25, 0.3) is 0 Å². The first-order valence-corrected chi connectivity index (χ1v) is 3.49. The van der Waals surface area contributed by atoms with E-state index in [1.54, 1.807) is 16.7 Å². The van der Waals surface area contributed by atoms with Gasteiger partial charge in [0.1, 0.15) is 11.2 Å². The van der Waals surface area contributed by atoms with Crippen LogP contribution in [0.2, 0.25) is 0 Å². The molecule has 0 aliphatic rings. The summed E-state index contributed by atoms with van der Waals surface area (Å²) in [5, 5.41) is 2.87. The molecule has 1 radical (unpaired) electrons. The second-order valence-electron chi connectivity index (χ2n) is 2.51. The molecular formula is C8H6N3O. The zero-order valence-corrected chi connectivity index (χ0v) is 6.48. The second-order valence-corrected chi connectivity index (χ2v) is 2.51. The van der Waals surface area contributed by atoms with Crippen LogP contribution < -0.4 is 0 Å². The zero-order valence-electron chi connectivity index (χ0n) is 6.48. The zero-order chi connectivity index (χ0) is 8.55. The van der Waals surface area contributed by atoms with Gasteiger partial charge in [-0.25, -0.2) is 4.98 Å². The third-order valence-corrected chi connectivity index (χ3v) is 1.76. The maximum atomic E-state index is 10.3.